The van der Waals surface area contributed by atoms with Crippen LogP contribution in [0.15, 0.2) is 17.5 Å². The maximum atomic E-state index is 9.44. The first-order valence-corrected chi connectivity index (χ1v) is 5.41. The van der Waals surface area contributed by atoms with Gasteiger partial charge in [0.2, 0.25) is 0 Å². The molecule has 0 fully saturated rings. The molecule has 0 spiro atoms. The second-order valence-corrected chi connectivity index (χ2v) is 4.85. The number of hydrogen-bond donors (Lipinski definition) is 2. The third-order valence-corrected chi connectivity index (χ3v) is 2.67. The van der Waals surface area contributed by atoms with E-state index in [1.807, 2.05) is 13.8 Å². The summed E-state index contributed by atoms with van der Waals surface area (Å²) in [5, 5.41) is 14.8. The minimum absolute atomic E-state index is 0.553. The van der Waals surface area contributed by atoms with E-state index in [0.717, 1.165) is 19.5 Å². The molecular weight excluding hydrogens is 182 g/mol. The van der Waals surface area contributed by atoms with Crippen molar-refractivity contribution in [3.05, 3.63) is 22.4 Å². The summed E-state index contributed by atoms with van der Waals surface area (Å²) in [5.74, 6) is 0. The van der Waals surface area contributed by atoms with Crippen molar-refractivity contribution in [3.8, 4) is 0 Å². The molecule has 1 aromatic heterocycles. The molecule has 1 heterocycles. The summed E-state index contributed by atoms with van der Waals surface area (Å²) in [5.41, 5.74) is -0.553. The Kier molecular flexibility index (Phi) is 3.90. The van der Waals surface area contributed by atoms with Crippen LogP contribution >= 0.6 is 11.3 Å². The molecule has 0 aliphatic rings. The Hall–Kier alpha value is -0.380. The Bertz CT molecular complexity index is 226. The van der Waals surface area contributed by atoms with E-state index in [0.29, 0.717) is 0 Å². The van der Waals surface area contributed by atoms with Crippen molar-refractivity contribution >= 4 is 11.3 Å². The molecule has 0 aliphatic heterocycles. The standard InChI is InChI=1S/C10H17NOS/c1-10(2,12)5-6-11-8-9-4-3-7-13-9/h3-4,7,11-12H,5-6,8H2,1-2H3. The summed E-state index contributed by atoms with van der Waals surface area (Å²) < 4.78 is 0. The van der Waals surface area contributed by atoms with Gasteiger partial charge >= 0.3 is 0 Å². The summed E-state index contributed by atoms with van der Waals surface area (Å²) in [6.45, 7) is 5.44. The van der Waals surface area contributed by atoms with Crippen molar-refractivity contribution in [2.75, 3.05) is 6.54 Å². The lowest BCUT2D eigenvalue weighted by Crippen LogP contribution is -2.26. The van der Waals surface area contributed by atoms with Crippen LogP contribution in [0.1, 0.15) is 25.1 Å². The van der Waals surface area contributed by atoms with E-state index in [-0.39, 0.29) is 0 Å². The molecule has 1 aromatic rings. The third kappa shape index (κ3) is 5.03. The van der Waals surface area contributed by atoms with Gasteiger partial charge < -0.3 is 10.4 Å². The van der Waals surface area contributed by atoms with Crippen molar-refractivity contribution in [2.45, 2.75) is 32.4 Å². The minimum Gasteiger partial charge on any atom is -0.390 e. The molecule has 0 radical (unpaired) electrons. The van der Waals surface area contributed by atoms with Gasteiger partial charge in [-0.05, 0) is 38.3 Å². The lowest BCUT2D eigenvalue weighted by atomic mass is 10.1. The Labute approximate surface area is 83.6 Å². The second-order valence-electron chi connectivity index (χ2n) is 3.82. The first-order chi connectivity index (χ1) is 6.08. The van der Waals surface area contributed by atoms with Gasteiger partial charge in [-0.1, -0.05) is 6.07 Å². The summed E-state index contributed by atoms with van der Waals surface area (Å²) in [6.07, 6.45) is 0.790. The largest absolute Gasteiger partial charge is 0.390 e. The molecule has 3 heteroatoms. The van der Waals surface area contributed by atoms with Gasteiger partial charge in [0.1, 0.15) is 0 Å². The lowest BCUT2D eigenvalue weighted by molar-refractivity contribution is 0.0711. The molecule has 0 atom stereocenters. The minimum atomic E-state index is -0.553. The average Bonchev–Trinajstić information content (AvgIpc) is 2.48. The number of rotatable bonds is 5. The Morgan fingerprint density at radius 1 is 1.54 bits per heavy atom. The molecule has 0 saturated heterocycles. The maximum Gasteiger partial charge on any atom is 0.0603 e. The Morgan fingerprint density at radius 2 is 2.31 bits per heavy atom. The van der Waals surface area contributed by atoms with E-state index in [9.17, 15) is 5.11 Å². The van der Waals surface area contributed by atoms with Crippen molar-refractivity contribution in [1.82, 2.24) is 5.32 Å². The molecule has 0 saturated carbocycles. The summed E-state index contributed by atoms with van der Waals surface area (Å²) >= 11 is 1.76. The van der Waals surface area contributed by atoms with E-state index < -0.39 is 5.60 Å². The number of hydrogen-bond acceptors (Lipinski definition) is 3. The van der Waals surface area contributed by atoms with E-state index in [1.54, 1.807) is 11.3 Å². The predicted molar refractivity (Wildman–Crippen MR) is 56.9 cm³/mol. The fourth-order valence-corrected chi connectivity index (χ4v) is 1.69. The SMILES string of the molecule is CC(C)(O)CCNCc1cccs1. The van der Waals surface area contributed by atoms with Gasteiger partial charge in [0, 0.05) is 11.4 Å². The second kappa shape index (κ2) is 4.74. The van der Waals surface area contributed by atoms with Gasteiger partial charge in [-0.3, -0.25) is 0 Å². The van der Waals surface area contributed by atoms with Crippen LogP contribution in [-0.4, -0.2) is 17.3 Å². The van der Waals surface area contributed by atoms with E-state index in [4.69, 9.17) is 0 Å². The van der Waals surface area contributed by atoms with Gasteiger partial charge in [-0.2, -0.15) is 0 Å². The van der Waals surface area contributed by atoms with Crippen molar-refractivity contribution in [2.24, 2.45) is 0 Å². The normalized spacial score (nSPS) is 11.9. The maximum absolute atomic E-state index is 9.44. The topological polar surface area (TPSA) is 32.3 Å². The Balaban J connectivity index is 2.09. The molecule has 0 bridgehead atoms. The van der Waals surface area contributed by atoms with Crippen molar-refractivity contribution < 1.29 is 5.11 Å². The van der Waals surface area contributed by atoms with Gasteiger partial charge in [0.25, 0.3) is 0 Å². The Morgan fingerprint density at radius 3 is 2.85 bits per heavy atom. The smallest absolute Gasteiger partial charge is 0.0603 e. The number of thiophene rings is 1. The highest BCUT2D eigenvalue weighted by atomic mass is 32.1. The predicted octanol–water partition coefficient (Wildman–Crippen LogP) is 2.00. The van der Waals surface area contributed by atoms with Crippen molar-refractivity contribution in [3.63, 3.8) is 0 Å². The van der Waals surface area contributed by atoms with Crippen LogP contribution in [0.4, 0.5) is 0 Å². The van der Waals surface area contributed by atoms with Gasteiger partial charge in [0.05, 0.1) is 5.60 Å². The summed E-state index contributed by atoms with van der Waals surface area (Å²) in [6, 6.07) is 4.17. The first kappa shape index (κ1) is 10.7. The fourth-order valence-electron chi connectivity index (χ4n) is 1.02. The van der Waals surface area contributed by atoms with Crippen molar-refractivity contribution in [1.29, 1.82) is 0 Å². The quantitative estimate of drug-likeness (QED) is 0.711. The molecule has 2 N–H and O–H groups in total. The van der Waals surface area contributed by atoms with Gasteiger partial charge in [-0.15, -0.1) is 11.3 Å². The van der Waals surface area contributed by atoms with Crippen LogP contribution in [0.2, 0.25) is 0 Å². The van der Waals surface area contributed by atoms with E-state index in [1.165, 1.54) is 4.88 Å². The highest BCUT2D eigenvalue weighted by Crippen LogP contribution is 2.08. The zero-order chi connectivity index (χ0) is 9.73. The van der Waals surface area contributed by atoms with Crippen LogP contribution in [0.3, 0.4) is 0 Å². The molecule has 2 nitrogen and oxygen atoms in total. The molecule has 0 amide bonds. The molecule has 0 unspecified atom stereocenters. The average molecular weight is 199 g/mol. The molecule has 1 rings (SSSR count). The third-order valence-electron chi connectivity index (χ3n) is 1.79. The zero-order valence-corrected chi connectivity index (χ0v) is 9.03. The molecule has 0 aliphatic carbocycles. The van der Waals surface area contributed by atoms with Crippen LogP contribution in [0.25, 0.3) is 0 Å². The highest BCUT2D eigenvalue weighted by Gasteiger charge is 2.10. The molecular formula is C10H17NOS. The van der Waals surface area contributed by atoms with Crippen LogP contribution in [-0.2, 0) is 6.54 Å². The van der Waals surface area contributed by atoms with Crippen LogP contribution in [0, 0.1) is 0 Å². The fraction of sp³-hybridized carbons (Fsp3) is 0.600. The highest BCUT2D eigenvalue weighted by molar-refractivity contribution is 7.09. The number of aliphatic hydroxyl groups is 1. The zero-order valence-electron chi connectivity index (χ0n) is 8.21. The van der Waals surface area contributed by atoms with E-state index in [2.05, 4.69) is 22.8 Å². The summed E-state index contributed by atoms with van der Waals surface area (Å²) in [7, 11) is 0. The van der Waals surface area contributed by atoms with Gasteiger partial charge in [-0.25, -0.2) is 0 Å². The number of nitrogens with one attached hydrogen (secondary N) is 1. The summed E-state index contributed by atoms with van der Waals surface area (Å²) in [4.78, 5) is 1.34. The molecule has 13 heavy (non-hydrogen) atoms. The van der Waals surface area contributed by atoms with E-state index >= 15 is 0 Å². The molecule has 0 aromatic carbocycles. The van der Waals surface area contributed by atoms with Crippen LogP contribution in [0.5, 0.6) is 0 Å². The monoisotopic (exact) mass is 199 g/mol. The molecule has 74 valence electrons. The van der Waals surface area contributed by atoms with Crippen LogP contribution < -0.4 is 5.32 Å². The lowest BCUT2D eigenvalue weighted by Gasteiger charge is -2.16. The first-order valence-electron chi connectivity index (χ1n) is 4.53. The van der Waals surface area contributed by atoms with Gasteiger partial charge in [0.15, 0.2) is 0 Å².